The molecule has 36 heavy (non-hydrogen) atoms. The fourth-order valence-electron chi connectivity index (χ4n) is 6.07. The molecule has 2 fully saturated rings. The third kappa shape index (κ3) is 3.46. The van der Waals surface area contributed by atoms with E-state index in [0.717, 1.165) is 14.2 Å². The van der Waals surface area contributed by atoms with Gasteiger partial charge in [0.05, 0.1) is 27.4 Å². The first-order valence-electron chi connectivity index (χ1n) is 11.2. The summed E-state index contributed by atoms with van der Waals surface area (Å²) < 4.78 is 28.1. The van der Waals surface area contributed by atoms with E-state index < -0.39 is 46.5 Å². The Morgan fingerprint density at radius 2 is 1.33 bits per heavy atom. The lowest BCUT2D eigenvalue weighted by Gasteiger charge is -2.43. The molecule has 1 saturated carbocycles. The lowest BCUT2D eigenvalue weighted by molar-refractivity contribution is -0.294. The van der Waals surface area contributed by atoms with Gasteiger partial charge in [0.1, 0.15) is 5.41 Å². The highest BCUT2D eigenvalue weighted by molar-refractivity contribution is 6.30. The Bertz CT molecular complexity index is 1180. The van der Waals surface area contributed by atoms with Crippen molar-refractivity contribution < 1.29 is 38.1 Å². The second-order valence-corrected chi connectivity index (χ2v) is 9.72. The third-order valence-corrected chi connectivity index (χ3v) is 7.92. The van der Waals surface area contributed by atoms with Crippen LogP contribution in [0.4, 0.5) is 0 Å². The Labute approximate surface area is 218 Å². The van der Waals surface area contributed by atoms with Gasteiger partial charge in [-0.3, -0.25) is 14.4 Å². The zero-order valence-corrected chi connectivity index (χ0v) is 21.7. The van der Waals surface area contributed by atoms with Gasteiger partial charge in [-0.15, -0.1) is 0 Å². The molecule has 0 aromatic heterocycles. The summed E-state index contributed by atoms with van der Waals surface area (Å²) in [6, 6.07) is 13.7. The zero-order chi connectivity index (χ0) is 26.3. The number of benzene rings is 2. The van der Waals surface area contributed by atoms with Gasteiger partial charge in [-0.25, -0.2) is 0 Å². The van der Waals surface area contributed by atoms with Crippen molar-refractivity contribution in [3.63, 3.8) is 0 Å². The van der Waals surface area contributed by atoms with Crippen molar-refractivity contribution in [1.82, 2.24) is 0 Å². The van der Waals surface area contributed by atoms with Gasteiger partial charge in [-0.05, 0) is 48.2 Å². The number of carbonyl (C=O) groups is 3. The van der Waals surface area contributed by atoms with Gasteiger partial charge in [0.25, 0.3) is 0 Å². The average Bonchev–Trinajstić information content (AvgIpc) is 3.37. The Hall–Kier alpha value is -2.65. The van der Waals surface area contributed by atoms with Crippen LogP contribution in [0.5, 0.6) is 0 Å². The van der Waals surface area contributed by atoms with E-state index in [1.165, 1.54) is 14.2 Å². The molecule has 1 heterocycles. The lowest BCUT2D eigenvalue weighted by atomic mass is 9.67. The standard InChI is InChI=1S/C26H26Cl2O8/c1-32-21(29)24-14-20(16-8-6-10-18(28)12-16)36-26(24,35-4)25(22(30)33-2,23(31)34-3)13-19(24)15-7-5-9-17(27)11-15/h5-12,19-20H,13-14H2,1-4H3/t19-,20-,24+,26+/m0/s1. The maximum absolute atomic E-state index is 13.9. The van der Waals surface area contributed by atoms with Crippen LogP contribution in [-0.2, 0) is 38.1 Å². The van der Waals surface area contributed by atoms with Crippen molar-refractivity contribution in [2.45, 2.75) is 30.7 Å². The normalized spacial score (nSPS) is 28.3. The molecule has 0 bridgehead atoms. The highest BCUT2D eigenvalue weighted by Gasteiger charge is 2.87. The number of hydrogen-bond acceptors (Lipinski definition) is 8. The van der Waals surface area contributed by atoms with E-state index in [9.17, 15) is 14.4 Å². The first kappa shape index (κ1) is 26.4. The molecule has 1 saturated heterocycles. The molecular formula is C26H26Cl2O8. The first-order valence-corrected chi connectivity index (χ1v) is 11.9. The molecule has 10 heteroatoms. The van der Waals surface area contributed by atoms with Crippen LogP contribution < -0.4 is 0 Å². The maximum atomic E-state index is 13.9. The van der Waals surface area contributed by atoms with Gasteiger partial charge in [0.15, 0.2) is 0 Å². The van der Waals surface area contributed by atoms with E-state index >= 15 is 0 Å². The molecular weight excluding hydrogens is 511 g/mol. The summed E-state index contributed by atoms with van der Waals surface area (Å²) in [6.07, 6.45) is -0.989. The van der Waals surface area contributed by atoms with Crippen LogP contribution in [0.25, 0.3) is 0 Å². The predicted octanol–water partition coefficient (Wildman–Crippen LogP) is 4.48. The summed E-state index contributed by atoms with van der Waals surface area (Å²) >= 11 is 12.5. The minimum atomic E-state index is -2.17. The van der Waals surface area contributed by atoms with E-state index in [1.807, 2.05) is 0 Å². The molecule has 192 valence electrons. The Morgan fingerprint density at radius 3 is 1.83 bits per heavy atom. The first-order chi connectivity index (χ1) is 17.2. The van der Waals surface area contributed by atoms with Crippen LogP contribution in [-0.4, -0.2) is 52.1 Å². The van der Waals surface area contributed by atoms with E-state index in [2.05, 4.69) is 0 Å². The molecule has 8 nitrogen and oxygen atoms in total. The molecule has 0 amide bonds. The number of carbonyl (C=O) groups excluding carboxylic acids is 3. The number of halogens is 2. The SMILES string of the molecule is COC(=O)C1(C(=O)OC)C[C@@H](c2cccc(Cl)c2)[C@@]2(C(=O)OC)C[C@@H](c3cccc(Cl)c3)O[C@@]12OC. The monoisotopic (exact) mass is 536 g/mol. The molecule has 4 rings (SSSR count). The number of hydrogen-bond donors (Lipinski definition) is 0. The van der Waals surface area contributed by atoms with Crippen LogP contribution >= 0.6 is 23.2 Å². The Balaban J connectivity index is 2.08. The van der Waals surface area contributed by atoms with E-state index in [4.69, 9.17) is 46.9 Å². The van der Waals surface area contributed by atoms with Crippen molar-refractivity contribution in [2.24, 2.45) is 10.8 Å². The van der Waals surface area contributed by atoms with Crippen molar-refractivity contribution >= 4 is 41.1 Å². The van der Waals surface area contributed by atoms with Crippen LogP contribution in [0.3, 0.4) is 0 Å². The van der Waals surface area contributed by atoms with Crippen molar-refractivity contribution in [1.29, 1.82) is 0 Å². The molecule has 0 radical (unpaired) electrons. The second kappa shape index (κ2) is 9.67. The van der Waals surface area contributed by atoms with E-state index in [-0.39, 0.29) is 12.8 Å². The largest absolute Gasteiger partial charge is 0.468 e. The van der Waals surface area contributed by atoms with Crippen molar-refractivity contribution in [3.8, 4) is 0 Å². The number of rotatable bonds is 6. The van der Waals surface area contributed by atoms with Gasteiger partial charge in [0.2, 0.25) is 11.2 Å². The van der Waals surface area contributed by atoms with E-state index in [1.54, 1.807) is 48.5 Å². The minimum absolute atomic E-state index is 0.0147. The smallest absolute Gasteiger partial charge is 0.328 e. The van der Waals surface area contributed by atoms with Gasteiger partial charge in [-0.1, -0.05) is 47.5 Å². The summed E-state index contributed by atoms with van der Waals surface area (Å²) in [5.74, 6) is -5.58. The molecule has 0 unspecified atom stereocenters. The quantitative estimate of drug-likeness (QED) is 0.303. The highest BCUT2D eigenvalue weighted by Crippen LogP contribution is 2.73. The van der Waals surface area contributed by atoms with Crippen molar-refractivity contribution in [3.05, 3.63) is 69.7 Å². The maximum Gasteiger partial charge on any atom is 0.328 e. The highest BCUT2D eigenvalue weighted by atomic mass is 35.5. The number of fused-ring (bicyclic) bond motifs is 1. The molecule has 2 aliphatic rings. The minimum Gasteiger partial charge on any atom is -0.468 e. The van der Waals surface area contributed by atoms with Gasteiger partial charge in [0, 0.05) is 23.1 Å². The Morgan fingerprint density at radius 1 is 0.806 bits per heavy atom. The Kier molecular flexibility index (Phi) is 7.09. The van der Waals surface area contributed by atoms with Crippen molar-refractivity contribution in [2.75, 3.05) is 28.4 Å². The molecule has 4 atom stereocenters. The number of methoxy groups -OCH3 is 4. The summed E-state index contributed by atoms with van der Waals surface area (Å²) in [7, 11) is 4.80. The van der Waals surface area contributed by atoms with Crippen LogP contribution in [0, 0.1) is 10.8 Å². The second-order valence-electron chi connectivity index (χ2n) is 8.85. The van der Waals surface area contributed by atoms with Gasteiger partial charge < -0.3 is 23.7 Å². The van der Waals surface area contributed by atoms with Crippen LogP contribution in [0.2, 0.25) is 10.0 Å². The summed E-state index contributed by atoms with van der Waals surface area (Å²) in [5.41, 5.74) is -2.61. The number of ether oxygens (including phenoxy) is 5. The topological polar surface area (TPSA) is 97.4 Å². The summed E-state index contributed by atoms with van der Waals surface area (Å²) in [6.45, 7) is 0. The molecule has 2 aromatic rings. The van der Waals surface area contributed by atoms with E-state index in [0.29, 0.717) is 21.2 Å². The molecule has 1 aliphatic carbocycles. The predicted molar refractivity (Wildman–Crippen MR) is 129 cm³/mol. The van der Waals surface area contributed by atoms with Crippen LogP contribution in [0.1, 0.15) is 36.0 Å². The summed E-state index contributed by atoms with van der Waals surface area (Å²) in [5, 5.41) is 0.861. The third-order valence-electron chi connectivity index (χ3n) is 7.45. The van der Waals surface area contributed by atoms with Gasteiger partial charge in [-0.2, -0.15) is 0 Å². The molecule has 0 N–H and O–H groups in total. The lowest BCUT2D eigenvalue weighted by Crippen LogP contribution is -2.63. The average molecular weight is 537 g/mol. The summed E-state index contributed by atoms with van der Waals surface area (Å²) in [4.78, 5) is 41.0. The fraction of sp³-hybridized carbons (Fsp3) is 0.423. The molecule has 0 spiro atoms. The van der Waals surface area contributed by atoms with Gasteiger partial charge >= 0.3 is 17.9 Å². The molecule has 1 aliphatic heterocycles. The fourth-order valence-corrected chi connectivity index (χ4v) is 6.47. The zero-order valence-electron chi connectivity index (χ0n) is 20.2. The molecule has 2 aromatic carbocycles. The number of esters is 3. The van der Waals surface area contributed by atoms with Crippen LogP contribution in [0.15, 0.2) is 48.5 Å².